The molecule has 0 saturated heterocycles. The molecule has 0 radical (unpaired) electrons. The summed E-state index contributed by atoms with van der Waals surface area (Å²) in [6.07, 6.45) is 7.18. The molecule has 0 amide bonds. The molecule has 0 spiro atoms. The van der Waals surface area contributed by atoms with E-state index in [2.05, 4.69) is 11.1 Å². The van der Waals surface area contributed by atoms with Gasteiger partial charge in [0, 0.05) is 11.6 Å². The van der Waals surface area contributed by atoms with Crippen molar-refractivity contribution in [2.75, 3.05) is 6.61 Å². The van der Waals surface area contributed by atoms with E-state index in [4.69, 9.17) is 4.74 Å². The van der Waals surface area contributed by atoms with Gasteiger partial charge in [0.25, 0.3) is 0 Å². The first-order chi connectivity index (χ1) is 12.9. The number of nitrogens with zero attached hydrogens (tertiary/aromatic N) is 1. The quantitative estimate of drug-likeness (QED) is 0.680. The second-order valence-electron chi connectivity index (χ2n) is 8.45. The Balaban J connectivity index is 1.58. The van der Waals surface area contributed by atoms with Gasteiger partial charge >= 0.3 is 5.97 Å². The van der Waals surface area contributed by atoms with Crippen LogP contribution in [0, 0.1) is 29.0 Å². The topological polar surface area (TPSA) is 39.2 Å². The van der Waals surface area contributed by atoms with Crippen LogP contribution >= 0.6 is 0 Å². The highest BCUT2D eigenvalue weighted by atomic mass is 19.1. The number of esters is 1. The lowest BCUT2D eigenvalue weighted by molar-refractivity contribution is -0.156. The van der Waals surface area contributed by atoms with E-state index < -0.39 is 5.41 Å². The summed E-state index contributed by atoms with van der Waals surface area (Å²) in [5, 5.41) is 0.882. The highest BCUT2D eigenvalue weighted by Gasteiger charge is 2.47. The molecule has 27 heavy (non-hydrogen) atoms. The van der Waals surface area contributed by atoms with Gasteiger partial charge in [-0.25, -0.2) is 4.39 Å². The molecule has 4 rings (SSSR count). The maximum atomic E-state index is 13.8. The summed E-state index contributed by atoms with van der Waals surface area (Å²) in [6, 6.07) is 6.77. The first-order valence-electron chi connectivity index (χ1n) is 9.82. The zero-order valence-electron chi connectivity index (χ0n) is 16.2. The minimum Gasteiger partial charge on any atom is -0.466 e. The summed E-state index contributed by atoms with van der Waals surface area (Å²) in [5.41, 5.74) is 2.76. The molecule has 1 unspecified atom stereocenters. The molecular weight excluding hydrogens is 341 g/mol. The first kappa shape index (κ1) is 18.1. The monoisotopic (exact) mass is 367 g/mol. The molecule has 1 fully saturated rings. The summed E-state index contributed by atoms with van der Waals surface area (Å²) in [7, 11) is 0. The fraction of sp³-hybridized carbons (Fsp3) is 0.478. The third kappa shape index (κ3) is 3.15. The van der Waals surface area contributed by atoms with Crippen LogP contribution in [-0.2, 0) is 9.53 Å². The van der Waals surface area contributed by atoms with Crippen LogP contribution in [0.25, 0.3) is 16.5 Å². The van der Waals surface area contributed by atoms with Gasteiger partial charge < -0.3 is 4.74 Å². The van der Waals surface area contributed by atoms with E-state index in [0.29, 0.717) is 24.4 Å². The predicted octanol–water partition coefficient (Wildman–Crippen LogP) is 5.39. The molecule has 1 aromatic carbocycles. The number of ether oxygens (including phenoxy) is 1. The average molecular weight is 367 g/mol. The Morgan fingerprint density at radius 2 is 2.11 bits per heavy atom. The minimum absolute atomic E-state index is 0.0882. The molecule has 3 atom stereocenters. The molecule has 1 saturated carbocycles. The fourth-order valence-electron chi connectivity index (χ4n) is 4.88. The number of fused-ring (bicyclic) bond motifs is 2. The van der Waals surface area contributed by atoms with Gasteiger partial charge in [-0.05, 0) is 93.2 Å². The number of carbonyl (C=O) groups is 1. The number of carbonyl (C=O) groups excluding carboxylic acids is 1. The molecule has 2 aliphatic rings. The zero-order chi connectivity index (χ0) is 19.2. The van der Waals surface area contributed by atoms with Gasteiger partial charge in [-0.15, -0.1) is 0 Å². The van der Waals surface area contributed by atoms with Crippen LogP contribution < -0.4 is 0 Å². The molecule has 2 aromatic rings. The summed E-state index contributed by atoms with van der Waals surface area (Å²) in [4.78, 5) is 16.7. The van der Waals surface area contributed by atoms with Crippen molar-refractivity contribution in [2.45, 2.75) is 40.0 Å². The number of allylic oxidation sites excluding steroid dienone is 2. The van der Waals surface area contributed by atoms with E-state index in [1.165, 1.54) is 11.6 Å². The summed E-state index contributed by atoms with van der Waals surface area (Å²) < 4.78 is 19.1. The van der Waals surface area contributed by atoms with Crippen LogP contribution in [0.3, 0.4) is 0 Å². The van der Waals surface area contributed by atoms with Crippen LogP contribution in [-0.4, -0.2) is 17.6 Å². The van der Waals surface area contributed by atoms with Crippen LogP contribution in [0.1, 0.15) is 45.6 Å². The van der Waals surface area contributed by atoms with Crippen molar-refractivity contribution in [1.82, 2.24) is 4.98 Å². The number of pyridine rings is 1. The average Bonchev–Trinajstić information content (AvgIpc) is 3.20. The van der Waals surface area contributed by atoms with Crippen molar-refractivity contribution in [3.8, 4) is 0 Å². The molecule has 3 nitrogen and oxygen atoms in total. The largest absolute Gasteiger partial charge is 0.466 e. The van der Waals surface area contributed by atoms with Gasteiger partial charge in [-0.2, -0.15) is 0 Å². The number of rotatable bonds is 4. The fourth-order valence-corrected chi connectivity index (χ4v) is 4.88. The lowest BCUT2D eigenvalue weighted by Gasteiger charge is -2.29. The molecule has 2 aliphatic carbocycles. The number of hydrogen-bond donors (Lipinski definition) is 0. The van der Waals surface area contributed by atoms with E-state index in [0.717, 1.165) is 35.7 Å². The van der Waals surface area contributed by atoms with Crippen LogP contribution in [0.5, 0.6) is 0 Å². The third-order valence-electron chi connectivity index (χ3n) is 6.52. The van der Waals surface area contributed by atoms with Crippen molar-refractivity contribution < 1.29 is 13.9 Å². The van der Waals surface area contributed by atoms with E-state index in [1.807, 2.05) is 26.8 Å². The first-order valence-corrected chi connectivity index (χ1v) is 9.82. The molecular formula is C23H26FNO2. The number of aromatic nitrogens is 1. The van der Waals surface area contributed by atoms with Crippen molar-refractivity contribution in [2.24, 2.45) is 23.2 Å². The van der Waals surface area contributed by atoms with Gasteiger partial charge in [-0.3, -0.25) is 9.78 Å². The normalized spacial score (nSPS) is 24.7. The Kier molecular flexibility index (Phi) is 4.53. The van der Waals surface area contributed by atoms with E-state index in [1.54, 1.807) is 18.3 Å². The maximum absolute atomic E-state index is 13.8. The SMILES string of the molecule is CCOC(=O)C(C)(C)C1C[C@@H]2CC(c3ccnc4ccc(F)cc34)=C[C@@H]2C1. The highest BCUT2D eigenvalue weighted by Crippen LogP contribution is 2.53. The molecule has 4 heteroatoms. The van der Waals surface area contributed by atoms with Gasteiger partial charge in [0.2, 0.25) is 0 Å². The Morgan fingerprint density at radius 3 is 2.85 bits per heavy atom. The number of hydrogen-bond acceptors (Lipinski definition) is 3. The number of benzene rings is 1. The summed E-state index contributed by atoms with van der Waals surface area (Å²) in [5.74, 6) is 1.06. The van der Waals surface area contributed by atoms with Gasteiger partial charge in [-0.1, -0.05) is 6.08 Å². The Bertz CT molecular complexity index is 918. The molecule has 1 aromatic heterocycles. The number of halogens is 1. The predicted molar refractivity (Wildman–Crippen MR) is 104 cm³/mol. The molecule has 142 valence electrons. The Morgan fingerprint density at radius 1 is 1.30 bits per heavy atom. The smallest absolute Gasteiger partial charge is 0.311 e. The van der Waals surface area contributed by atoms with Crippen molar-refractivity contribution in [3.63, 3.8) is 0 Å². The van der Waals surface area contributed by atoms with E-state index in [-0.39, 0.29) is 11.8 Å². The lowest BCUT2D eigenvalue weighted by Crippen LogP contribution is -2.33. The van der Waals surface area contributed by atoms with E-state index in [9.17, 15) is 9.18 Å². The molecule has 0 bridgehead atoms. The standard InChI is InChI=1S/C23H26FNO2/c1-4-27-22(26)23(2,3)17-11-14-9-16(10-15(14)12-17)19-7-8-25-21-6-5-18(24)13-20(19)21/h5-9,13-15,17H,4,10-12H2,1-3H3/t14-,15+,17?/m1/s1. The van der Waals surface area contributed by atoms with Crippen molar-refractivity contribution in [1.29, 1.82) is 0 Å². The van der Waals surface area contributed by atoms with Crippen LogP contribution in [0.4, 0.5) is 4.39 Å². The van der Waals surface area contributed by atoms with E-state index >= 15 is 0 Å². The second-order valence-corrected chi connectivity index (χ2v) is 8.45. The molecule has 0 aliphatic heterocycles. The van der Waals surface area contributed by atoms with Gasteiger partial charge in [0.15, 0.2) is 0 Å². The lowest BCUT2D eigenvalue weighted by atomic mass is 9.76. The van der Waals surface area contributed by atoms with Crippen molar-refractivity contribution in [3.05, 3.63) is 47.9 Å². The van der Waals surface area contributed by atoms with Crippen molar-refractivity contribution >= 4 is 22.4 Å². The summed E-state index contributed by atoms with van der Waals surface area (Å²) in [6.45, 7) is 6.31. The zero-order valence-corrected chi connectivity index (χ0v) is 16.2. The Labute approximate surface area is 159 Å². The maximum Gasteiger partial charge on any atom is 0.311 e. The van der Waals surface area contributed by atoms with Crippen LogP contribution in [0.2, 0.25) is 0 Å². The molecule has 1 heterocycles. The third-order valence-corrected chi connectivity index (χ3v) is 6.52. The minimum atomic E-state index is -0.444. The van der Waals surface area contributed by atoms with Gasteiger partial charge in [0.05, 0.1) is 17.5 Å². The van der Waals surface area contributed by atoms with Gasteiger partial charge in [0.1, 0.15) is 5.82 Å². The van der Waals surface area contributed by atoms with Crippen LogP contribution in [0.15, 0.2) is 36.5 Å². The highest BCUT2D eigenvalue weighted by molar-refractivity contribution is 5.92. The Hall–Kier alpha value is -2.23. The summed E-state index contributed by atoms with van der Waals surface area (Å²) >= 11 is 0. The molecule has 0 N–H and O–H groups in total. The second kappa shape index (κ2) is 6.74.